The average molecular weight is 305 g/mol. The minimum atomic E-state index is -4.25. The van der Waals surface area contributed by atoms with Crippen LogP contribution in [0.1, 0.15) is 32.1 Å². The average Bonchev–Trinajstić information content (AvgIpc) is 3.02. The minimum Gasteiger partial charge on any atom is -0.323 e. The number of carbonyl (C=O) groups excluding carboxylic acids is 2. The Kier molecular flexibility index (Phi) is 3.38. The molecule has 21 heavy (non-hydrogen) atoms. The molecular formula is C13H18F3N3O2. The van der Waals surface area contributed by atoms with Crippen LogP contribution in [0.5, 0.6) is 0 Å². The van der Waals surface area contributed by atoms with E-state index in [4.69, 9.17) is 0 Å². The van der Waals surface area contributed by atoms with E-state index in [1.807, 2.05) is 0 Å². The Labute approximate surface area is 120 Å². The molecular weight excluding hydrogens is 287 g/mol. The van der Waals surface area contributed by atoms with Gasteiger partial charge in [0, 0.05) is 13.1 Å². The topological polar surface area (TPSA) is 52.7 Å². The van der Waals surface area contributed by atoms with Crippen LogP contribution in [0.3, 0.4) is 0 Å². The van der Waals surface area contributed by atoms with Crippen molar-refractivity contribution in [2.75, 3.05) is 19.6 Å². The van der Waals surface area contributed by atoms with Crippen molar-refractivity contribution in [3.05, 3.63) is 0 Å². The molecule has 0 bridgehead atoms. The Bertz CT molecular complexity index is 460. The molecule has 1 aliphatic carbocycles. The first kappa shape index (κ1) is 14.6. The smallest absolute Gasteiger partial charge is 0.323 e. The highest BCUT2D eigenvalue weighted by molar-refractivity contribution is 6.07. The van der Waals surface area contributed by atoms with Crippen LogP contribution in [-0.2, 0) is 4.79 Å². The molecule has 118 valence electrons. The zero-order valence-electron chi connectivity index (χ0n) is 11.6. The summed E-state index contributed by atoms with van der Waals surface area (Å²) in [6, 6.07) is -0.888. The second-order valence-electron chi connectivity index (χ2n) is 6.19. The van der Waals surface area contributed by atoms with Crippen LogP contribution in [-0.4, -0.2) is 59.1 Å². The van der Waals surface area contributed by atoms with Gasteiger partial charge < -0.3 is 5.32 Å². The van der Waals surface area contributed by atoms with Crippen molar-refractivity contribution in [3.8, 4) is 0 Å². The normalized spacial score (nSPS) is 29.7. The maximum atomic E-state index is 12.5. The predicted octanol–water partition coefficient (Wildman–Crippen LogP) is 1.49. The zero-order valence-corrected chi connectivity index (χ0v) is 11.6. The Hall–Kier alpha value is -1.31. The highest BCUT2D eigenvalue weighted by atomic mass is 19.4. The molecule has 0 aromatic carbocycles. The molecule has 3 aliphatic rings. The Morgan fingerprint density at radius 3 is 2.52 bits per heavy atom. The van der Waals surface area contributed by atoms with E-state index in [0.717, 1.165) is 12.8 Å². The van der Waals surface area contributed by atoms with Crippen molar-refractivity contribution in [2.45, 2.75) is 49.9 Å². The molecule has 3 amide bonds. The quantitative estimate of drug-likeness (QED) is 0.786. The van der Waals surface area contributed by atoms with Gasteiger partial charge in [0.2, 0.25) is 0 Å². The molecule has 2 aliphatic heterocycles. The molecule has 0 radical (unpaired) electrons. The number of amides is 3. The molecule has 1 saturated carbocycles. The Morgan fingerprint density at radius 2 is 1.90 bits per heavy atom. The summed E-state index contributed by atoms with van der Waals surface area (Å²) in [4.78, 5) is 27.0. The van der Waals surface area contributed by atoms with E-state index in [0.29, 0.717) is 19.3 Å². The molecule has 2 heterocycles. The number of alkyl halides is 3. The van der Waals surface area contributed by atoms with E-state index in [1.165, 1.54) is 9.80 Å². The second kappa shape index (κ2) is 4.86. The second-order valence-corrected chi connectivity index (χ2v) is 6.19. The molecule has 1 N–H and O–H groups in total. The summed E-state index contributed by atoms with van der Waals surface area (Å²) < 4.78 is 37.2. The van der Waals surface area contributed by atoms with Crippen molar-refractivity contribution in [1.29, 1.82) is 0 Å². The van der Waals surface area contributed by atoms with Gasteiger partial charge in [-0.25, -0.2) is 4.79 Å². The third-order valence-corrected chi connectivity index (χ3v) is 4.67. The number of rotatable bonds is 2. The molecule has 1 unspecified atom stereocenters. The molecule has 8 heteroatoms. The van der Waals surface area contributed by atoms with E-state index in [9.17, 15) is 22.8 Å². The lowest BCUT2D eigenvalue weighted by atomic mass is 9.97. The molecule has 0 aromatic heterocycles. The van der Waals surface area contributed by atoms with E-state index in [1.54, 1.807) is 0 Å². The first-order valence-electron chi connectivity index (χ1n) is 7.26. The molecule has 1 spiro atoms. The number of hydrogen-bond acceptors (Lipinski definition) is 3. The first-order valence-corrected chi connectivity index (χ1v) is 7.26. The number of carbonyl (C=O) groups is 2. The van der Waals surface area contributed by atoms with Crippen molar-refractivity contribution in [3.63, 3.8) is 0 Å². The number of nitrogens with zero attached hydrogens (tertiary/aromatic N) is 2. The minimum absolute atomic E-state index is 0.106. The van der Waals surface area contributed by atoms with Gasteiger partial charge in [0.05, 0.1) is 12.6 Å². The number of likely N-dealkylation sites (tertiary alicyclic amines) is 1. The highest BCUT2D eigenvalue weighted by Gasteiger charge is 2.55. The fourth-order valence-electron chi connectivity index (χ4n) is 3.71. The molecule has 0 aromatic rings. The molecule has 2 saturated heterocycles. The van der Waals surface area contributed by atoms with Crippen molar-refractivity contribution in [2.24, 2.45) is 0 Å². The summed E-state index contributed by atoms with van der Waals surface area (Å²) in [5, 5.41) is 2.77. The van der Waals surface area contributed by atoms with Crippen LogP contribution in [0, 0.1) is 0 Å². The summed E-state index contributed by atoms with van der Waals surface area (Å²) >= 11 is 0. The fraction of sp³-hybridized carbons (Fsp3) is 0.846. The molecule has 3 rings (SSSR count). The van der Waals surface area contributed by atoms with Gasteiger partial charge in [-0.1, -0.05) is 12.8 Å². The van der Waals surface area contributed by atoms with Crippen LogP contribution in [0.2, 0.25) is 0 Å². The molecule has 5 nitrogen and oxygen atoms in total. The van der Waals surface area contributed by atoms with Gasteiger partial charge in [-0.3, -0.25) is 14.6 Å². The van der Waals surface area contributed by atoms with Crippen molar-refractivity contribution in [1.82, 2.24) is 15.1 Å². The van der Waals surface area contributed by atoms with Gasteiger partial charge in [-0.2, -0.15) is 13.2 Å². The van der Waals surface area contributed by atoms with Gasteiger partial charge in [0.1, 0.15) is 5.54 Å². The van der Waals surface area contributed by atoms with Gasteiger partial charge in [-0.05, 0) is 19.3 Å². The van der Waals surface area contributed by atoms with Crippen LogP contribution in [0.15, 0.2) is 0 Å². The number of urea groups is 1. The highest BCUT2D eigenvalue weighted by Crippen LogP contribution is 2.37. The SMILES string of the molecule is O=C1NC2(CCCC2)C(=O)N1C1CCN(CC(F)(F)F)C1. The Morgan fingerprint density at radius 1 is 1.24 bits per heavy atom. The maximum Gasteiger partial charge on any atom is 0.401 e. The third kappa shape index (κ3) is 2.61. The number of halogens is 3. The van der Waals surface area contributed by atoms with E-state index in [-0.39, 0.29) is 19.0 Å². The van der Waals surface area contributed by atoms with E-state index < -0.39 is 30.3 Å². The standard InChI is InChI=1S/C13H18F3N3O2/c14-13(15,16)8-18-6-3-9(7-18)19-10(20)12(17-11(19)21)4-1-2-5-12/h9H,1-8H2,(H,17,21). The molecule has 1 atom stereocenters. The third-order valence-electron chi connectivity index (χ3n) is 4.67. The van der Waals surface area contributed by atoms with Crippen LogP contribution < -0.4 is 5.32 Å². The number of imide groups is 1. The van der Waals surface area contributed by atoms with Crippen molar-refractivity contribution < 1.29 is 22.8 Å². The number of nitrogens with one attached hydrogen (secondary N) is 1. The summed E-state index contributed by atoms with van der Waals surface area (Å²) in [6.07, 6.45) is -0.792. The van der Waals surface area contributed by atoms with Crippen LogP contribution in [0.4, 0.5) is 18.0 Å². The largest absolute Gasteiger partial charge is 0.401 e. The molecule has 3 fully saturated rings. The van der Waals surface area contributed by atoms with Crippen LogP contribution >= 0.6 is 0 Å². The van der Waals surface area contributed by atoms with E-state index >= 15 is 0 Å². The van der Waals surface area contributed by atoms with E-state index in [2.05, 4.69) is 5.32 Å². The van der Waals surface area contributed by atoms with Gasteiger partial charge in [0.15, 0.2) is 0 Å². The maximum absolute atomic E-state index is 12.5. The lowest BCUT2D eigenvalue weighted by Gasteiger charge is -2.24. The summed E-state index contributed by atoms with van der Waals surface area (Å²) in [5.41, 5.74) is -0.783. The summed E-state index contributed by atoms with van der Waals surface area (Å²) in [6.45, 7) is -0.624. The number of hydrogen-bond donors (Lipinski definition) is 1. The van der Waals surface area contributed by atoms with Gasteiger partial charge in [-0.15, -0.1) is 0 Å². The fourth-order valence-corrected chi connectivity index (χ4v) is 3.71. The summed E-state index contributed by atoms with van der Waals surface area (Å²) in [7, 11) is 0. The van der Waals surface area contributed by atoms with Crippen LogP contribution in [0.25, 0.3) is 0 Å². The lowest BCUT2D eigenvalue weighted by Crippen LogP contribution is -2.46. The first-order chi connectivity index (χ1) is 9.81. The predicted molar refractivity (Wildman–Crippen MR) is 67.5 cm³/mol. The monoisotopic (exact) mass is 305 g/mol. The lowest BCUT2D eigenvalue weighted by molar-refractivity contribution is -0.144. The van der Waals surface area contributed by atoms with Gasteiger partial charge in [0.25, 0.3) is 5.91 Å². The van der Waals surface area contributed by atoms with Crippen molar-refractivity contribution >= 4 is 11.9 Å². The summed E-state index contributed by atoms with van der Waals surface area (Å²) in [5.74, 6) is -0.246. The van der Waals surface area contributed by atoms with Gasteiger partial charge >= 0.3 is 12.2 Å². The zero-order chi connectivity index (χ0) is 15.3. The Balaban J connectivity index is 1.68.